The zero-order chi connectivity index (χ0) is 8.85. The summed E-state index contributed by atoms with van der Waals surface area (Å²) in [6.07, 6.45) is 3.39. The molecule has 0 radical (unpaired) electrons. The molecular formula is C9H14O2. The second kappa shape index (κ2) is 4.72. The Morgan fingerprint density at radius 3 is 2.09 bits per heavy atom. The molecule has 0 aliphatic carbocycles. The van der Waals surface area contributed by atoms with Crippen molar-refractivity contribution in [3.63, 3.8) is 0 Å². The minimum Gasteiger partial charge on any atom is -0.466 e. The van der Waals surface area contributed by atoms with E-state index in [1.54, 1.807) is 0 Å². The molecule has 0 rings (SSSR count). The van der Waals surface area contributed by atoms with E-state index < -0.39 is 0 Å². The summed E-state index contributed by atoms with van der Waals surface area (Å²) in [4.78, 5) is 10.7. The summed E-state index contributed by atoms with van der Waals surface area (Å²) in [6.45, 7) is 5.83. The summed E-state index contributed by atoms with van der Waals surface area (Å²) in [5, 5.41) is 0. The normalized spacial score (nSPS) is 10.7. The van der Waals surface area contributed by atoms with Gasteiger partial charge in [0.05, 0.1) is 7.11 Å². The first-order valence-electron chi connectivity index (χ1n) is 3.47. The molecule has 0 aliphatic heterocycles. The minimum absolute atomic E-state index is 0.306. The van der Waals surface area contributed by atoms with E-state index in [1.807, 2.05) is 26.8 Å². The standard InChI is InChI=1S/C9H14O2/c1-7(2)5-8(3)6-9(10)11-4/h5-6H,1-4H3/b8-6-. The molecule has 0 saturated carbocycles. The number of esters is 1. The molecule has 0 unspecified atom stereocenters. The molecule has 2 nitrogen and oxygen atoms in total. The van der Waals surface area contributed by atoms with Gasteiger partial charge in [-0.05, 0) is 26.3 Å². The monoisotopic (exact) mass is 154 g/mol. The Morgan fingerprint density at radius 1 is 1.18 bits per heavy atom. The Balaban J connectivity index is 4.23. The molecule has 11 heavy (non-hydrogen) atoms. The van der Waals surface area contributed by atoms with Crippen molar-refractivity contribution in [3.8, 4) is 0 Å². The number of hydrogen-bond donors (Lipinski definition) is 0. The van der Waals surface area contributed by atoms with Gasteiger partial charge in [-0.2, -0.15) is 0 Å². The van der Waals surface area contributed by atoms with Gasteiger partial charge in [0.25, 0.3) is 0 Å². The minimum atomic E-state index is -0.306. The van der Waals surface area contributed by atoms with Gasteiger partial charge in [0.1, 0.15) is 0 Å². The topological polar surface area (TPSA) is 26.3 Å². The van der Waals surface area contributed by atoms with Crippen molar-refractivity contribution in [2.75, 3.05) is 7.11 Å². The Labute approximate surface area is 67.6 Å². The molecule has 0 aromatic rings. The SMILES string of the molecule is COC(=O)/C=C(/C)C=C(C)C. The van der Waals surface area contributed by atoms with Gasteiger partial charge in [-0.1, -0.05) is 11.6 Å². The zero-order valence-corrected chi connectivity index (χ0v) is 7.47. The van der Waals surface area contributed by atoms with Crippen LogP contribution in [-0.2, 0) is 9.53 Å². The molecule has 0 N–H and O–H groups in total. The van der Waals surface area contributed by atoms with E-state index in [1.165, 1.54) is 18.8 Å². The molecule has 0 aromatic heterocycles. The lowest BCUT2D eigenvalue weighted by Crippen LogP contribution is -1.94. The number of rotatable bonds is 2. The predicted molar refractivity (Wildman–Crippen MR) is 45.2 cm³/mol. The number of methoxy groups -OCH3 is 1. The zero-order valence-electron chi connectivity index (χ0n) is 7.47. The van der Waals surface area contributed by atoms with Crippen molar-refractivity contribution < 1.29 is 9.53 Å². The number of allylic oxidation sites excluding steroid dienone is 3. The van der Waals surface area contributed by atoms with E-state index in [9.17, 15) is 4.79 Å². The maximum atomic E-state index is 10.7. The molecule has 2 heteroatoms. The number of carbonyl (C=O) groups excluding carboxylic acids is 1. The summed E-state index contributed by atoms with van der Waals surface area (Å²) in [7, 11) is 1.37. The maximum absolute atomic E-state index is 10.7. The Kier molecular flexibility index (Phi) is 4.27. The molecule has 0 bridgehead atoms. The van der Waals surface area contributed by atoms with Crippen LogP contribution in [0.5, 0.6) is 0 Å². The first kappa shape index (κ1) is 9.95. The smallest absolute Gasteiger partial charge is 0.330 e. The van der Waals surface area contributed by atoms with Gasteiger partial charge < -0.3 is 4.74 Å². The number of carbonyl (C=O) groups is 1. The summed E-state index contributed by atoms with van der Waals surface area (Å²) < 4.78 is 4.46. The van der Waals surface area contributed by atoms with Gasteiger partial charge in [-0.3, -0.25) is 0 Å². The highest BCUT2D eigenvalue weighted by atomic mass is 16.5. The second-order valence-corrected chi connectivity index (χ2v) is 2.63. The fraction of sp³-hybridized carbons (Fsp3) is 0.444. The van der Waals surface area contributed by atoms with Gasteiger partial charge >= 0.3 is 5.97 Å². The van der Waals surface area contributed by atoms with Gasteiger partial charge in [0.2, 0.25) is 0 Å². The van der Waals surface area contributed by atoms with E-state index in [0.717, 1.165) is 5.57 Å². The largest absolute Gasteiger partial charge is 0.466 e. The fourth-order valence-electron chi connectivity index (χ4n) is 0.742. The lowest BCUT2D eigenvalue weighted by molar-refractivity contribution is -0.134. The van der Waals surface area contributed by atoms with E-state index in [2.05, 4.69) is 4.74 Å². The van der Waals surface area contributed by atoms with Crippen molar-refractivity contribution in [2.45, 2.75) is 20.8 Å². The summed E-state index contributed by atoms with van der Waals surface area (Å²) in [6, 6.07) is 0. The predicted octanol–water partition coefficient (Wildman–Crippen LogP) is 2.07. The first-order chi connectivity index (χ1) is 5.06. The number of ether oxygens (including phenoxy) is 1. The molecule has 0 amide bonds. The highest BCUT2D eigenvalue weighted by molar-refractivity contribution is 5.83. The molecular weight excluding hydrogens is 140 g/mol. The molecule has 0 atom stereocenters. The van der Waals surface area contributed by atoms with E-state index in [-0.39, 0.29) is 5.97 Å². The van der Waals surface area contributed by atoms with Crippen molar-refractivity contribution in [1.82, 2.24) is 0 Å². The van der Waals surface area contributed by atoms with Gasteiger partial charge in [-0.25, -0.2) is 4.79 Å². The van der Waals surface area contributed by atoms with Crippen molar-refractivity contribution in [2.24, 2.45) is 0 Å². The third-order valence-corrected chi connectivity index (χ3v) is 1.06. The summed E-state index contributed by atoms with van der Waals surface area (Å²) in [5.41, 5.74) is 2.08. The molecule has 62 valence electrons. The van der Waals surface area contributed by atoms with E-state index >= 15 is 0 Å². The van der Waals surface area contributed by atoms with Crippen molar-refractivity contribution in [3.05, 3.63) is 23.3 Å². The summed E-state index contributed by atoms with van der Waals surface area (Å²) >= 11 is 0. The second-order valence-electron chi connectivity index (χ2n) is 2.63. The van der Waals surface area contributed by atoms with Crippen LogP contribution < -0.4 is 0 Å². The van der Waals surface area contributed by atoms with E-state index in [4.69, 9.17) is 0 Å². The maximum Gasteiger partial charge on any atom is 0.330 e. The van der Waals surface area contributed by atoms with Crippen molar-refractivity contribution in [1.29, 1.82) is 0 Å². The fourth-order valence-corrected chi connectivity index (χ4v) is 0.742. The lowest BCUT2D eigenvalue weighted by Gasteiger charge is -1.93. The molecule has 0 heterocycles. The van der Waals surface area contributed by atoms with Crippen LogP contribution in [-0.4, -0.2) is 13.1 Å². The highest BCUT2D eigenvalue weighted by Gasteiger charge is 1.92. The molecule has 0 fully saturated rings. The van der Waals surface area contributed by atoms with Gasteiger partial charge in [0, 0.05) is 6.08 Å². The highest BCUT2D eigenvalue weighted by Crippen LogP contribution is 2.00. The average Bonchev–Trinajstić information content (AvgIpc) is 1.85. The Bertz CT molecular complexity index is 196. The third kappa shape index (κ3) is 5.40. The van der Waals surface area contributed by atoms with E-state index in [0.29, 0.717) is 0 Å². The lowest BCUT2D eigenvalue weighted by atomic mass is 10.2. The van der Waals surface area contributed by atoms with Gasteiger partial charge in [0.15, 0.2) is 0 Å². The van der Waals surface area contributed by atoms with Crippen LogP contribution in [0.3, 0.4) is 0 Å². The number of hydrogen-bond acceptors (Lipinski definition) is 2. The average molecular weight is 154 g/mol. The quantitative estimate of drug-likeness (QED) is 0.346. The van der Waals surface area contributed by atoms with Crippen LogP contribution in [0, 0.1) is 0 Å². The van der Waals surface area contributed by atoms with Crippen LogP contribution in [0.25, 0.3) is 0 Å². The Hall–Kier alpha value is -1.05. The molecule has 0 saturated heterocycles. The van der Waals surface area contributed by atoms with Gasteiger partial charge in [-0.15, -0.1) is 0 Å². The van der Waals surface area contributed by atoms with Crippen LogP contribution in [0.2, 0.25) is 0 Å². The third-order valence-electron chi connectivity index (χ3n) is 1.06. The van der Waals surface area contributed by atoms with Crippen molar-refractivity contribution >= 4 is 5.97 Å². The van der Waals surface area contributed by atoms with Crippen LogP contribution >= 0.6 is 0 Å². The molecule has 0 aromatic carbocycles. The summed E-state index contributed by atoms with van der Waals surface area (Å²) in [5.74, 6) is -0.306. The molecule has 0 aliphatic rings. The Morgan fingerprint density at radius 2 is 1.73 bits per heavy atom. The van der Waals surface area contributed by atoms with Crippen LogP contribution in [0.4, 0.5) is 0 Å². The molecule has 0 spiro atoms. The van der Waals surface area contributed by atoms with Crippen LogP contribution in [0.15, 0.2) is 23.3 Å². The first-order valence-corrected chi connectivity index (χ1v) is 3.47. The van der Waals surface area contributed by atoms with Crippen LogP contribution in [0.1, 0.15) is 20.8 Å².